The molecule has 6 aromatic rings. The molecular weight excluding hydrogens is 730 g/mol. The number of para-hydroxylation sites is 2. The van der Waals surface area contributed by atoms with E-state index in [-0.39, 0.29) is 17.7 Å². The van der Waals surface area contributed by atoms with Gasteiger partial charge in [0.15, 0.2) is 0 Å². The first kappa shape index (κ1) is 33.8. The van der Waals surface area contributed by atoms with Crippen LogP contribution >= 0.6 is 0 Å². The molecule has 4 heterocycles. The number of hydrogen-bond donors (Lipinski definition) is 0. The minimum atomic E-state index is -2.44. The lowest BCUT2D eigenvalue weighted by molar-refractivity contribution is 0.133. The summed E-state index contributed by atoms with van der Waals surface area (Å²) in [4.78, 5) is 8.56. The van der Waals surface area contributed by atoms with E-state index in [1.807, 2.05) is 0 Å². The minimum absolute atomic E-state index is 0.0170. The fourth-order valence-electron chi connectivity index (χ4n) is 15.6. The Labute approximate surface area is 351 Å². The van der Waals surface area contributed by atoms with E-state index >= 15 is 0 Å². The predicted octanol–water partition coefficient (Wildman–Crippen LogP) is 9.03. The molecule has 0 amide bonds. The summed E-state index contributed by atoms with van der Waals surface area (Å²) >= 11 is 0. The second kappa shape index (κ2) is 11.4. The Morgan fingerprint density at radius 2 is 1.20 bits per heavy atom. The second-order valence-electron chi connectivity index (χ2n) is 20.5. The van der Waals surface area contributed by atoms with E-state index in [2.05, 4.69) is 169 Å². The van der Waals surface area contributed by atoms with Crippen molar-refractivity contribution in [3.05, 3.63) is 139 Å². The van der Waals surface area contributed by atoms with Crippen LogP contribution in [0.3, 0.4) is 0 Å². The van der Waals surface area contributed by atoms with E-state index in [0.29, 0.717) is 6.04 Å². The molecule has 8 atom stereocenters. The molecule has 9 aliphatic rings. The Bertz CT molecular complexity index is 2770. The molecule has 0 radical (unpaired) electrons. The second-order valence-corrected chi connectivity index (χ2v) is 24.4. The predicted molar refractivity (Wildman–Crippen MR) is 250 cm³/mol. The van der Waals surface area contributed by atoms with Crippen LogP contribution in [0.1, 0.15) is 70.8 Å². The van der Waals surface area contributed by atoms with Crippen LogP contribution in [-0.4, -0.2) is 26.4 Å². The summed E-state index contributed by atoms with van der Waals surface area (Å²) in [6.45, 7) is 8.06. The lowest BCUT2D eigenvalue weighted by Crippen LogP contribution is -2.83. The van der Waals surface area contributed by atoms with Crippen molar-refractivity contribution < 1.29 is 0 Å². The first-order valence-electron chi connectivity index (χ1n) is 22.9. The molecule has 5 heteroatoms. The molecule has 290 valence electrons. The summed E-state index contributed by atoms with van der Waals surface area (Å²) in [6.07, 6.45) is 10.7. The molecule has 15 rings (SSSR count). The molecule has 0 N–H and O–H groups in total. The van der Waals surface area contributed by atoms with Gasteiger partial charge in [-0.15, -0.1) is 0 Å². The highest BCUT2D eigenvalue weighted by Crippen LogP contribution is 2.64. The van der Waals surface area contributed by atoms with Crippen LogP contribution in [-0.2, 0) is 5.41 Å². The summed E-state index contributed by atoms with van der Waals surface area (Å²) in [5, 5.41) is 4.72. The molecule has 4 aliphatic heterocycles. The molecule has 8 unspecified atom stereocenters. The molecule has 0 aromatic heterocycles. The highest BCUT2D eigenvalue weighted by Gasteiger charge is 2.61. The quantitative estimate of drug-likeness (QED) is 0.165. The number of rotatable bonds is 4. The van der Waals surface area contributed by atoms with Crippen molar-refractivity contribution in [1.82, 2.24) is 0 Å². The zero-order valence-corrected chi connectivity index (χ0v) is 35.7. The maximum Gasteiger partial charge on any atom is 0.251 e. The third kappa shape index (κ3) is 3.98. The normalized spacial score (nSPS) is 32.0. The van der Waals surface area contributed by atoms with Gasteiger partial charge in [0.25, 0.3) is 6.71 Å². The maximum atomic E-state index is 3.01. The number of fused-ring (bicyclic) bond motifs is 4. The Morgan fingerprint density at radius 1 is 0.559 bits per heavy atom. The van der Waals surface area contributed by atoms with Crippen LogP contribution in [0.5, 0.6) is 0 Å². The largest absolute Gasteiger partial charge is 0.339 e. The highest BCUT2D eigenvalue weighted by atomic mass is 28.3. The molecule has 5 saturated carbocycles. The first-order valence-corrected chi connectivity index (χ1v) is 25.4. The Kier molecular flexibility index (Phi) is 6.54. The van der Waals surface area contributed by atoms with Crippen molar-refractivity contribution in [2.75, 3.05) is 14.7 Å². The zero-order valence-electron chi connectivity index (χ0n) is 34.7. The summed E-state index contributed by atoms with van der Waals surface area (Å²) in [5.41, 5.74) is 16.1. The van der Waals surface area contributed by atoms with Crippen LogP contribution < -0.4 is 46.6 Å². The number of nitrogens with zero attached hydrogens (tertiary/aromatic N) is 3. The maximum absolute atomic E-state index is 3.01. The molecule has 4 bridgehead atoms. The molecule has 0 spiro atoms. The van der Waals surface area contributed by atoms with Crippen LogP contribution in [0, 0.1) is 23.7 Å². The van der Waals surface area contributed by atoms with Crippen molar-refractivity contribution >= 4 is 86.5 Å². The topological polar surface area (TPSA) is 9.72 Å². The lowest BCUT2D eigenvalue weighted by atomic mass is 9.33. The van der Waals surface area contributed by atoms with E-state index in [4.69, 9.17) is 0 Å². The number of benzene rings is 6. The number of hydrogen-bond acceptors (Lipinski definition) is 3. The van der Waals surface area contributed by atoms with Crippen LogP contribution in [0.25, 0.3) is 0 Å². The van der Waals surface area contributed by atoms with Crippen molar-refractivity contribution in [3.8, 4) is 0 Å². The highest BCUT2D eigenvalue weighted by molar-refractivity contribution is 7.21. The van der Waals surface area contributed by atoms with Gasteiger partial charge >= 0.3 is 0 Å². The summed E-state index contributed by atoms with van der Waals surface area (Å²) in [6, 6.07) is 53.3. The first-order chi connectivity index (χ1) is 28.9. The fraction of sp³-hybridized carbons (Fsp3) is 0.333. The molecular formula is C54H52BN3Si. The van der Waals surface area contributed by atoms with Crippen molar-refractivity contribution in [2.24, 2.45) is 23.7 Å². The van der Waals surface area contributed by atoms with E-state index in [1.165, 1.54) is 102 Å². The monoisotopic (exact) mass is 781 g/mol. The van der Waals surface area contributed by atoms with Gasteiger partial charge in [0.1, 0.15) is 8.07 Å². The average Bonchev–Trinajstić information content (AvgIpc) is 3.91. The minimum Gasteiger partial charge on any atom is -0.339 e. The Hall–Kier alpha value is -5.00. The van der Waals surface area contributed by atoms with Crippen molar-refractivity contribution in [2.45, 2.75) is 88.8 Å². The Balaban J connectivity index is 1.11. The van der Waals surface area contributed by atoms with Gasteiger partial charge in [-0.2, -0.15) is 0 Å². The summed E-state index contributed by atoms with van der Waals surface area (Å²) < 4.78 is 0. The Morgan fingerprint density at radius 3 is 1.95 bits per heavy atom. The van der Waals surface area contributed by atoms with E-state index < -0.39 is 8.07 Å². The molecule has 5 fully saturated rings. The van der Waals surface area contributed by atoms with Gasteiger partial charge in [-0.05, 0) is 139 Å². The smallest absolute Gasteiger partial charge is 0.251 e. The summed E-state index contributed by atoms with van der Waals surface area (Å²) in [5.74, 6) is 3.46. The fourth-order valence-corrected chi connectivity index (χ4v) is 19.9. The molecule has 5 aliphatic carbocycles. The molecule has 3 nitrogen and oxygen atoms in total. The van der Waals surface area contributed by atoms with Crippen LogP contribution in [0.15, 0.2) is 133 Å². The van der Waals surface area contributed by atoms with E-state index in [9.17, 15) is 0 Å². The van der Waals surface area contributed by atoms with Gasteiger partial charge in [0.05, 0.1) is 5.54 Å². The third-order valence-electron chi connectivity index (χ3n) is 18.3. The van der Waals surface area contributed by atoms with Gasteiger partial charge in [0.2, 0.25) is 0 Å². The summed E-state index contributed by atoms with van der Waals surface area (Å²) in [7, 11) is -2.44. The third-order valence-corrected chi connectivity index (χ3v) is 22.8. The van der Waals surface area contributed by atoms with Gasteiger partial charge in [-0.25, -0.2) is 0 Å². The van der Waals surface area contributed by atoms with Crippen molar-refractivity contribution in [1.29, 1.82) is 0 Å². The SMILES string of the molecule is CC12CCCCC1(C)N(c1cc3c4c(c1)N(C1CC5CC6CC5CC61)c1cccc5c1B4c1c(cccc1[Si]5(C)c1ccccc1)N3c1ccccc1)c1ccccc12. The van der Waals surface area contributed by atoms with Crippen LogP contribution in [0.2, 0.25) is 6.55 Å². The van der Waals surface area contributed by atoms with Gasteiger partial charge in [-0.3, -0.25) is 0 Å². The van der Waals surface area contributed by atoms with Gasteiger partial charge in [-0.1, -0.05) is 128 Å². The lowest BCUT2D eigenvalue weighted by Gasteiger charge is -2.55. The molecule has 6 aromatic carbocycles. The zero-order chi connectivity index (χ0) is 39.0. The van der Waals surface area contributed by atoms with Gasteiger partial charge in [0, 0.05) is 51.3 Å². The average molecular weight is 782 g/mol. The van der Waals surface area contributed by atoms with Crippen LogP contribution in [0.4, 0.5) is 39.8 Å². The molecule has 59 heavy (non-hydrogen) atoms. The van der Waals surface area contributed by atoms with Gasteiger partial charge < -0.3 is 14.7 Å². The van der Waals surface area contributed by atoms with E-state index in [0.717, 1.165) is 23.7 Å². The standard InChI is InChI=1S/C54H52BN3Si/c1-53-26-12-13-27-54(53,2)58(42-21-11-10-20-41(42)53)38-32-46-50-47(33-38)57(45-31-35-29-36-28-34(35)30-40(36)45)44-23-15-25-49-52(44)55(50)51-43(56(46)37-16-6-4-7-17-37)22-14-24-48(51)59(49,3)39-18-8-5-9-19-39/h4-11,14-25,32-36,40,45H,12-13,26-31H2,1-3H3. The van der Waals surface area contributed by atoms with E-state index in [1.54, 1.807) is 26.8 Å². The number of anilines is 7. The van der Waals surface area contributed by atoms with Crippen molar-refractivity contribution in [3.63, 3.8) is 0 Å². The molecule has 0 saturated heterocycles.